The average molecular weight is 432 g/mol. The first kappa shape index (κ1) is 23.5. The number of anilines is 1. The zero-order valence-electron chi connectivity index (χ0n) is 19.3. The predicted octanol–water partition coefficient (Wildman–Crippen LogP) is 1.65. The fourth-order valence-corrected chi connectivity index (χ4v) is 5.41. The van der Waals surface area contributed by atoms with Crippen LogP contribution in [0.25, 0.3) is 0 Å². The van der Waals surface area contributed by atoms with Crippen molar-refractivity contribution >= 4 is 17.6 Å². The summed E-state index contributed by atoms with van der Waals surface area (Å²) in [4.78, 5) is 32.7. The molecule has 172 valence electrons. The van der Waals surface area contributed by atoms with Gasteiger partial charge in [0, 0.05) is 38.4 Å². The maximum atomic E-state index is 12.8. The van der Waals surface area contributed by atoms with Gasteiger partial charge >= 0.3 is 0 Å². The molecule has 0 aromatic carbocycles. The summed E-state index contributed by atoms with van der Waals surface area (Å²) < 4.78 is 5.27. The number of rotatable bonds is 8. The Kier molecular flexibility index (Phi) is 7.21. The highest BCUT2D eigenvalue weighted by Crippen LogP contribution is 2.53. The Labute approximate surface area is 185 Å². The van der Waals surface area contributed by atoms with Crippen molar-refractivity contribution in [3.05, 3.63) is 23.9 Å². The number of nitrogens with zero attached hydrogens (tertiary/aromatic N) is 3. The number of nitrogens with two attached hydrogens (primary N) is 1. The number of carbonyl (C=O) groups is 2. The number of primary amides is 1. The van der Waals surface area contributed by atoms with E-state index in [0.29, 0.717) is 12.2 Å². The van der Waals surface area contributed by atoms with Crippen molar-refractivity contribution in [2.24, 2.45) is 16.6 Å². The van der Waals surface area contributed by atoms with Crippen LogP contribution < -0.4 is 16.0 Å². The van der Waals surface area contributed by atoms with E-state index in [1.807, 2.05) is 12.1 Å². The Morgan fingerprint density at radius 1 is 1.16 bits per heavy atom. The van der Waals surface area contributed by atoms with Gasteiger partial charge in [0.05, 0.1) is 12.2 Å². The van der Waals surface area contributed by atoms with Gasteiger partial charge in [0.15, 0.2) is 0 Å². The minimum atomic E-state index is -0.439. The van der Waals surface area contributed by atoms with E-state index < -0.39 is 5.91 Å². The molecule has 1 saturated carbocycles. The molecular weight excluding hydrogens is 394 g/mol. The van der Waals surface area contributed by atoms with Crippen LogP contribution in [0, 0.1) is 10.8 Å². The first-order valence-corrected chi connectivity index (χ1v) is 11.2. The number of ether oxygens (including phenoxy) is 1. The van der Waals surface area contributed by atoms with Crippen molar-refractivity contribution in [1.82, 2.24) is 15.2 Å². The Balaban J connectivity index is 1.50. The van der Waals surface area contributed by atoms with E-state index in [1.54, 1.807) is 6.20 Å². The third-order valence-corrected chi connectivity index (χ3v) is 6.47. The number of aromatic nitrogens is 1. The Morgan fingerprint density at radius 2 is 1.90 bits per heavy atom. The van der Waals surface area contributed by atoms with Crippen LogP contribution in [0.1, 0.15) is 50.9 Å². The van der Waals surface area contributed by atoms with Crippen LogP contribution in [0.15, 0.2) is 18.3 Å². The highest BCUT2D eigenvalue weighted by molar-refractivity contribution is 5.94. The van der Waals surface area contributed by atoms with E-state index in [4.69, 9.17) is 10.5 Å². The molecule has 2 amide bonds. The van der Waals surface area contributed by atoms with Gasteiger partial charge in [-0.05, 0) is 42.3 Å². The summed E-state index contributed by atoms with van der Waals surface area (Å²) in [7, 11) is 0. The third kappa shape index (κ3) is 5.95. The molecule has 3 rings (SSSR count). The summed E-state index contributed by atoms with van der Waals surface area (Å²) in [6, 6.07) is 3.98. The molecule has 0 spiro atoms. The molecule has 0 unspecified atom stereocenters. The minimum Gasteiger partial charge on any atom is -0.370 e. The van der Waals surface area contributed by atoms with Gasteiger partial charge in [0.1, 0.15) is 12.4 Å². The van der Waals surface area contributed by atoms with Crippen LogP contribution in [0.4, 0.5) is 5.82 Å². The molecule has 1 aliphatic heterocycles. The van der Waals surface area contributed by atoms with E-state index in [2.05, 4.69) is 47.8 Å². The van der Waals surface area contributed by atoms with Crippen LogP contribution in [-0.4, -0.2) is 73.7 Å². The first-order valence-electron chi connectivity index (χ1n) is 11.2. The van der Waals surface area contributed by atoms with Gasteiger partial charge in [0.25, 0.3) is 5.91 Å². The van der Waals surface area contributed by atoms with Crippen LogP contribution in [0.2, 0.25) is 0 Å². The summed E-state index contributed by atoms with van der Waals surface area (Å²) in [5, 5.41) is 3.22. The molecule has 31 heavy (non-hydrogen) atoms. The molecule has 8 heteroatoms. The van der Waals surface area contributed by atoms with Crippen LogP contribution in [-0.2, 0) is 9.53 Å². The summed E-state index contributed by atoms with van der Waals surface area (Å²) in [5.41, 5.74) is 5.93. The second-order valence-electron chi connectivity index (χ2n) is 10.2. The van der Waals surface area contributed by atoms with E-state index in [0.717, 1.165) is 51.4 Å². The standard InChI is InChI=1S/C23H37N5O3/c1-22(2)16-23(3,4)21(22)26-20(30)17-6-7-19(25-14-17)28-9-5-8-27(10-11-28)12-13-31-15-18(24)29/h6-7,14,21H,5,8-13,15-16H2,1-4H3,(H2,24,29)(H,26,30). The topological polar surface area (TPSA) is 101 Å². The molecule has 1 aromatic heterocycles. The van der Waals surface area contributed by atoms with Gasteiger partial charge in [-0.1, -0.05) is 27.7 Å². The van der Waals surface area contributed by atoms with Crippen LogP contribution >= 0.6 is 0 Å². The summed E-state index contributed by atoms with van der Waals surface area (Å²) in [6.07, 6.45) is 3.81. The number of hydrogen-bond donors (Lipinski definition) is 2. The zero-order valence-corrected chi connectivity index (χ0v) is 19.3. The smallest absolute Gasteiger partial charge is 0.253 e. The van der Waals surface area contributed by atoms with Crippen molar-refractivity contribution in [2.75, 3.05) is 50.8 Å². The number of pyridine rings is 1. The lowest BCUT2D eigenvalue weighted by Gasteiger charge is -2.57. The van der Waals surface area contributed by atoms with Gasteiger partial charge < -0.3 is 20.7 Å². The SMILES string of the molecule is CC1(C)CC(C)(C)C1NC(=O)c1ccc(N2CCCN(CCOCC(N)=O)CC2)nc1. The molecule has 2 fully saturated rings. The number of nitrogens with one attached hydrogen (secondary N) is 1. The van der Waals surface area contributed by atoms with Crippen molar-refractivity contribution in [1.29, 1.82) is 0 Å². The molecular formula is C23H37N5O3. The fraction of sp³-hybridized carbons (Fsp3) is 0.696. The normalized spacial score (nSPS) is 21.2. The molecule has 1 aromatic rings. The highest BCUT2D eigenvalue weighted by atomic mass is 16.5. The van der Waals surface area contributed by atoms with E-state index in [9.17, 15) is 9.59 Å². The lowest BCUT2D eigenvalue weighted by Crippen LogP contribution is -2.63. The lowest BCUT2D eigenvalue weighted by atomic mass is 9.52. The second-order valence-corrected chi connectivity index (χ2v) is 10.2. The van der Waals surface area contributed by atoms with Gasteiger partial charge in [-0.3, -0.25) is 14.5 Å². The predicted molar refractivity (Wildman–Crippen MR) is 121 cm³/mol. The molecule has 2 heterocycles. The monoisotopic (exact) mass is 431 g/mol. The second kappa shape index (κ2) is 9.53. The molecule has 0 bridgehead atoms. The molecule has 3 N–H and O–H groups in total. The first-order chi connectivity index (χ1) is 14.6. The summed E-state index contributed by atoms with van der Waals surface area (Å²) in [5.74, 6) is 0.404. The maximum absolute atomic E-state index is 12.8. The average Bonchev–Trinajstić information content (AvgIpc) is 2.94. The third-order valence-electron chi connectivity index (χ3n) is 6.47. The van der Waals surface area contributed by atoms with Gasteiger partial charge in [-0.15, -0.1) is 0 Å². The quantitative estimate of drug-likeness (QED) is 0.607. The Bertz CT molecular complexity index is 764. The Hall–Kier alpha value is -2.19. The number of carbonyl (C=O) groups excluding carboxylic acids is 2. The van der Waals surface area contributed by atoms with Crippen molar-refractivity contribution in [3.63, 3.8) is 0 Å². The van der Waals surface area contributed by atoms with Crippen LogP contribution in [0.3, 0.4) is 0 Å². The van der Waals surface area contributed by atoms with Crippen molar-refractivity contribution < 1.29 is 14.3 Å². The van der Waals surface area contributed by atoms with Crippen molar-refractivity contribution in [3.8, 4) is 0 Å². The maximum Gasteiger partial charge on any atom is 0.253 e. The minimum absolute atomic E-state index is 0.0282. The molecule has 0 radical (unpaired) electrons. The fourth-order valence-electron chi connectivity index (χ4n) is 5.41. The largest absolute Gasteiger partial charge is 0.370 e. The van der Waals surface area contributed by atoms with Gasteiger partial charge in [0.2, 0.25) is 5.91 Å². The van der Waals surface area contributed by atoms with Gasteiger partial charge in [-0.2, -0.15) is 0 Å². The molecule has 2 aliphatic rings. The van der Waals surface area contributed by atoms with E-state index >= 15 is 0 Å². The van der Waals surface area contributed by atoms with E-state index in [-0.39, 0.29) is 29.4 Å². The number of hydrogen-bond acceptors (Lipinski definition) is 6. The highest BCUT2D eigenvalue weighted by Gasteiger charge is 2.53. The molecule has 1 saturated heterocycles. The molecule has 8 nitrogen and oxygen atoms in total. The summed E-state index contributed by atoms with van der Waals surface area (Å²) >= 11 is 0. The molecule has 1 aliphatic carbocycles. The summed E-state index contributed by atoms with van der Waals surface area (Å²) in [6.45, 7) is 13.7. The zero-order chi connectivity index (χ0) is 22.6. The van der Waals surface area contributed by atoms with Crippen LogP contribution in [0.5, 0.6) is 0 Å². The number of amides is 2. The Morgan fingerprint density at radius 3 is 2.52 bits per heavy atom. The lowest BCUT2D eigenvalue weighted by molar-refractivity contribution is -0.122. The van der Waals surface area contributed by atoms with Crippen molar-refractivity contribution in [2.45, 2.75) is 46.6 Å². The van der Waals surface area contributed by atoms with E-state index in [1.165, 1.54) is 0 Å². The molecule has 0 atom stereocenters. The van der Waals surface area contributed by atoms with Gasteiger partial charge in [-0.25, -0.2) is 4.98 Å².